The maximum atomic E-state index is 2.58. The van der Waals surface area contributed by atoms with Crippen LogP contribution in [0.3, 0.4) is 0 Å². The summed E-state index contributed by atoms with van der Waals surface area (Å²) in [5.41, 5.74) is 1.32. The van der Waals surface area contributed by atoms with Crippen LogP contribution in [0.5, 0.6) is 0 Å². The van der Waals surface area contributed by atoms with E-state index in [2.05, 4.69) is 67.8 Å². The van der Waals surface area contributed by atoms with Crippen LogP contribution in [0, 0.1) is 0 Å². The van der Waals surface area contributed by atoms with Crippen LogP contribution in [0.1, 0.15) is 40.5 Å². The van der Waals surface area contributed by atoms with Crippen molar-refractivity contribution in [3.8, 4) is 0 Å². The summed E-state index contributed by atoms with van der Waals surface area (Å²) in [6.07, 6.45) is 2.91. The quantitative estimate of drug-likeness (QED) is 0.642. The van der Waals surface area contributed by atoms with Gasteiger partial charge in [0.15, 0.2) is 0 Å². The number of nitrogens with zero attached hydrogens (tertiary/aromatic N) is 2. The molecule has 18 heavy (non-hydrogen) atoms. The van der Waals surface area contributed by atoms with Crippen LogP contribution in [0.15, 0.2) is 30.3 Å². The Morgan fingerprint density at radius 3 is 1.94 bits per heavy atom. The lowest BCUT2D eigenvalue weighted by Gasteiger charge is -2.38. The first-order chi connectivity index (χ1) is 8.74. The van der Waals surface area contributed by atoms with Crippen molar-refractivity contribution in [2.45, 2.75) is 46.7 Å². The highest BCUT2D eigenvalue weighted by molar-refractivity contribution is 5.46. The van der Waals surface area contributed by atoms with E-state index in [0.717, 1.165) is 6.54 Å². The fraction of sp³-hybridized carbons (Fsp3) is 0.625. The molecular formula is C16H28N2. The van der Waals surface area contributed by atoms with Crippen LogP contribution in [0.2, 0.25) is 0 Å². The van der Waals surface area contributed by atoms with Crippen LogP contribution < -0.4 is 4.90 Å². The molecule has 0 aromatic heterocycles. The normalized spacial score (nSPS) is 12.7. The highest BCUT2D eigenvalue weighted by Crippen LogP contribution is 2.18. The molecule has 0 radical (unpaired) electrons. The van der Waals surface area contributed by atoms with Crippen LogP contribution in [-0.4, -0.2) is 30.7 Å². The average Bonchev–Trinajstić information content (AvgIpc) is 2.40. The van der Waals surface area contributed by atoms with Gasteiger partial charge in [-0.25, -0.2) is 0 Å². The van der Waals surface area contributed by atoms with Gasteiger partial charge in [-0.1, -0.05) is 32.0 Å². The van der Waals surface area contributed by atoms with Gasteiger partial charge in [-0.05, 0) is 51.9 Å². The van der Waals surface area contributed by atoms with E-state index >= 15 is 0 Å². The molecule has 0 saturated carbocycles. The average molecular weight is 248 g/mol. The largest absolute Gasteiger partial charge is 0.356 e. The van der Waals surface area contributed by atoms with Crippen molar-refractivity contribution in [3.63, 3.8) is 0 Å². The topological polar surface area (TPSA) is 6.48 Å². The maximum absolute atomic E-state index is 2.58. The summed E-state index contributed by atoms with van der Waals surface area (Å²) in [6, 6.07) is 10.7. The molecule has 102 valence electrons. The minimum atomic E-state index is 0.470. The summed E-state index contributed by atoms with van der Waals surface area (Å²) in [5, 5.41) is 0. The standard InChI is InChI=1S/C16H28N2/c1-5-13-17(14-6-2)15(4)18(7-3)16-11-9-8-10-12-16/h8-12,15H,5-7,13-14H2,1-4H3. The molecule has 2 nitrogen and oxygen atoms in total. The third-order valence-electron chi connectivity index (χ3n) is 3.43. The molecule has 0 aliphatic carbocycles. The Labute approximate surface area is 113 Å². The third-order valence-corrected chi connectivity index (χ3v) is 3.43. The van der Waals surface area contributed by atoms with Gasteiger partial charge in [-0.15, -0.1) is 0 Å². The first kappa shape index (κ1) is 15.0. The SMILES string of the molecule is CCCN(CCC)C(C)N(CC)c1ccccc1. The number of benzene rings is 1. The summed E-state index contributed by atoms with van der Waals surface area (Å²) in [7, 11) is 0. The van der Waals surface area contributed by atoms with Crippen molar-refractivity contribution in [2.24, 2.45) is 0 Å². The third kappa shape index (κ3) is 4.02. The van der Waals surface area contributed by atoms with Gasteiger partial charge >= 0.3 is 0 Å². The van der Waals surface area contributed by atoms with Crippen LogP contribution in [-0.2, 0) is 0 Å². The van der Waals surface area contributed by atoms with E-state index in [-0.39, 0.29) is 0 Å². The predicted molar refractivity (Wildman–Crippen MR) is 81.1 cm³/mol. The number of hydrogen-bond acceptors (Lipinski definition) is 2. The maximum Gasteiger partial charge on any atom is 0.0792 e. The number of hydrogen-bond donors (Lipinski definition) is 0. The Bertz CT molecular complexity index is 304. The summed E-state index contributed by atoms with van der Waals surface area (Å²) >= 11 is 0. The van der Waals surface area contributed by atoms with Crippen molar-refractivity contribution in [1.29, 1.82) is 0 Å². The Hall–Kier alpha value is -1.02. The van der Waals surface area contributed by atoms with E-state index in [0.29, 0.717) is 6.17 Å². The van der Waals surface area contributed by atoms with Crippen molar-refractivity contribution in [3.05, 3.63) is 30.3 Å². The monoisotopic (exact) mass is 248 g/mol. The molecule has 1 unspecified atom stereocenters. The highest BCUT2D eigenvalue weighted by Gasteiger charge is 2.18. The molecule has 1 atom stereocenters. The number of rotatable bonds is 8. The summed E-state index contributed by atoms with van der Waals surface area (Å²) < 4.78 is 0. The molecule has 0 bridgehead atoms. The molecule has 0 aliphatic heterocycles. The smallest absolute Gasteiger partial charge is 0.0792 e. The fourth-order valence-corrected chi connectivity index (χ4v) is 2.54. The molecule has 0 heterocycles. The highest BCUT2D eigenvalue weighted by atomic mass is 15.3. The summed E-state index contributed by atoms with van der Waals surface area (Å²) in [6.45, 7) is 12.5. The Balaban J connectivity index is 2.79. The summed E-state index contributed by atoms with van der Waals surface area (Å²) in [5.74, 6) is 0. The van der Waals surface area contributed by atoms with Gasteiger partial charge in [0, 0.05) is 12.2 Å². The van der Waals surface area contributed by atoms with Crippen molar-refractivity contribution < 1.29 is 0 Å². The molecule has 1 rings (SSSR count). The van der Waals surface area contributed by atoms with E-state index < -0.39 is 0 Å². The van der Waals surface area contributed by atoms with Gasteiger partial charge in [-0.3, -0.25) is 4.90 Å². The van der Waals surface area contributed by atoms with E-state index in [4.69, 9.17) is 0 Å². The molecule has 0 saturated heterocycles. The molecule has 0 spiro atoms. The molecule has 1 aromatic carbocycles. The van der Waals surface area contributed by atoms with Gasteiger partial charge in [0.1, 0.15) is 0 Å². The zero-order chi connectivity index (χ0) is 13.4. The predicted octanol–water partition coefficient (Wildman–Crippen LogP) is 3.98. The van der Waals surface area contributed by atoms with Gasteiger partial charge in [0.2, 0.25) is 0 Å². The van der Waals surface area contributed by atoms with Crippen molar-refractivity contribution >= 4 is 5.69 Å². The number of para-hydroxylation sites is 1. The molecule has 1 aromatic rings. The lowest BCUT2D eigenvalue weighted by molar-refractivity contribution is 0.204. The molecule has 0 amide bonds. The van der Waals surface area contributed by atoms with E-state index in [9.17, 15) is 0 Å². The van der Waals surface area contributed by atoms with Gasteiger partial charge in [-0.2, -0.15) is 0 Å². The lowest BCUT2D eigenvalue weighted by atomic mass is 10.2. The number of anilines is 1. The van der Waals surface area contributed by atoms with Gasteiger partial charge in [0.05, 0.1) is 6.17 Å². The second-order valence-electron chi connectivity index (χ2n) is 4.79. The second-order valence-corrected chi connectivity index (χ2v) is 4.79. The minimum Gasteiger partial charge on any atom is -0.356 e. The molecule has 0 N–H and O–H groups in total. The van der Waals surface area contributed by atoms with Crippen molar-refractivity contribution in [2.75, 3.05) is 24.5 Å². The van der Waals surface area contributed by atoms with Crippen molar-refractivity contribution in [1.82, 2.24) is 4.90 Å². The Morgan fingerprint density at radius 1 is 0.944 bits per heavy atom. The second kappa shape index (κ2) is 8.15. The van der Waals surface area contributed by atoms with E-state index in [1.165, 1.54) is 31.6 Å². The molecular weight excluding hydrogens is 220 g/mol. The van der Waals surface area contributed by atoms with E-state index in [1.807, 2.05) is 0 Å². The molecule has 0 fully saturated rings. The van der Waals surface area contributed by atoms with Gasteiger partial charge < -0.3 is 4.90 Å². The first-order valence-electron chi connectivity index (χ1n) is 7.30. The zero-order valence-corrected chi connectivity index (χ0v) is 12.4. The van der Waals surface area contributed by atoms with Gasteiger partial charge in [0.25, 0.3) is 0 Å². The lowest BCUT2D eigenvalue weighted by Crippen LogP contribution is -2.47. The van der Waals surface area contributed by atoms with Crippen LogP contribution in [0.4, 0.5) is 5.69 Å². The molecule has 0 aliphatic rings. The first-order valence-corrected chi connectivity index (χ1v) is 7.30. The van der Waals surface area contributed by atoms with Crippen LogP contribution in [0.25, 0.3) is 0 Å². The fourth-order valence-electron chi connectivity index (χ4n) is 2.54. The van der Waals surface area contributed by atoms with E-state index in [1.54, 1.807) is 0 Å². The molecule has 2 heteroatoms. The Kier molecular flexibility index (Phi) is 6.81. The summed E-state index contributed by atoms with van der Waals surface area (Å²) in [4.78, 5) is 5.06. The minimum absolute atomic E-state index is 0.470. The zero-order valence-electron chi connectivity index (χ0n) is 12.4. The Morgan fingerprint density at radius 2 is 1.50 bits per heavy atom. The van der Waals surface area contributed by atoms with Crippen LogP contribution >= 0.6 is 0 Å².